The fraction of sp³-hybridized carbons (Fsp3) is 0.833. The first-order valence-corrected chi connectivity index (χ1v) is 7.25. The first kappa shape index (κ1) is 15.1. The van der Waals surface area contributed by atoms with Gasteiger partial charge in [-0.25, -0.2) is 4.79 Å². The Morgan fingerprint density at radius 3 is 2.33 bits per heavy atom. The molecule has 0 aromatic carbocycles. The monoisotopic (exact) mass is 274 g/mol. The summed E-state index contributed by atoms with van der Waals surface area (Å²) in [5, 5.41) is 0. The van der Waals surface area contributed by atoms with Crippen molar-refractivity contribution in [1.29, 1.82) is 0 Å². The van der Waals surface area contributed by atoms with Crippen molar-refractivity contribution in [2.24, 2.45) is 0 Å². The summed E-state index contributed by atoms with van der Waals surface area (Å²) in [7, 11) is 1.59. The van der Waals surface area contributed by atoms with Gasteiger partial charge < -0.3 is 14.5 Å². The van der Waals surface area contributed by atoms with Crippen LogP contribution in [0.4, 0.5) is 4.79 Å². The highest BCUT2D eigenvalue weighted by molar-refractivity contribution is 7.99. The number of hydrogen-bond acceptors (Lipinski definition) is 4. The van der Waals surface area contributed by atoms with E-state index in [4.69, 9.17) is 4.74 Å². The van der Waals surface area contributed by atoms with Crippen LogP contribution < -0.4 is 0 Å². The fourth-order valence-corrected chi connectivity index (χ4v) is 2.42. The highest BCUT2D eigenvalue weighted by Crippen LogP contribution is 2.11. The van der Waals surface area contributed by atoms with E-state index in [1.807, 2.05) is 32.5 Å². The summed E-state index contributed by atoms with van der Waals surface area (Å²) in [5.74, 6) is 1.94. The van der Waals surface area contributed by atoms with Crippen molar-refractivity contribution in [3.8, 4) is 0 Å². The summed E-state index contributed by atoms with van der Waals surface area (Å²) in [5.41, 5.74) is -0.532. The van der Waals surface area contributed by atoms with Gasteiger partial charge in [0.25, 0.3) is 0 Å². The SMILES string of the molecule is CN(CC(=O)N1CCSCC1)C(=O)OC(C)(C)C. The Labute approximate surface area is 113 Å². The zero-order chi connectivity index (χ0) is 13.8. The third kappa shape index (κ3) is 5.16. The van der Waals surface area contributed by atoms with Gasteiger partial charge in [0.15, 0.2) is 0 Å². The molecule has 0 aromatic rings. The molecule has 1 rings (SSSR count). The molecule has 0 spiro atoms. The van der Waals surface area contributed by atoms with Crippen LogP contribution in [0.1, 0.15) is 20.8 Å². The molecule has 2 amide bonds. The summed E-state index contributed by atoms with van der Waals surface area (Å²) in [6.45, 7) is 7.05. The van der Waals surface area contributed by atoms with Gasteiger partial charge in [-0.1, -0.05) is 0 Å². The first-order chi connectivity index (χ1) is 8.29. The van der Waals surface area contributed by atoms with Crippen LogP contribution in [0.5, 0.6) is 0 Å². The summed E-state index contributed by atoms with van der Waals surface area (Å²) < 4.78 is 5.20. The molecule has 0 aliphatic carbocycles. The highest BCUT2D eigenvalue weighted by atomic mass is 32.2. The Hall–Kier alpha value is -0.910. The van der Waals surface area contributed by atoms with Crippen LogP contribution in [-0.4, -0.2) is 65.6 Å². The van der Waals surface area contributed by atoms with Crippen molar-refractivity contribution in [3.63, 3.8) is 0 Å². The molecule has 1 aliphatic heterocycles. The fourth-order valence-electron chi connectivity index (χ4n) is 1.52. The maximum atomic E-state index is 11.9. The van der Waals surface area contributed by atoms with E-state index in [1.54, 1.807) is 11.9 Å². The molecular formula is C12H22N2O3S. The Kier molecular flexibility index (Phi) is 5.31. The zero-order valence-electron chi connectivity index (χ0n) is 11.6. The van der Waals surface area contributed by atoms with Crippen molar-refractivity contribution in [2.75, 3.05) is 38.2 Å². The second kappa shape index (κ2) is 6.31. The summed E-state index contributed by atoms with van der Waals surface area (Å²) in [6.07, 6.45) is -0.456. The van der Waals surface area contributed by atoms with E-state index >= 15 is 0 Å². The number of carbonyl (C=O) groups excluding carboxylic acids is 2. The Balaban J connectivity index is 2.41. The van der Waals surface area contributed by atoms with E-state index < -0.39 is 11.7 Å². The third-order valence-corrected chi connectivity index (χ3v) is 3.38. The second-order valence-corrected chi connectivity index (χ2v) is 6.55. The van der Waals surface area contributed by atoms with Crippen LogP contribution in [0.25, 0.3) is 0 Å². The van der Waals surface area contributed by atoms with Gasteiger partial charge in [0.2, 0.25) is 5.91 Å². The molecule has 104 valence electrons. The van der Waals surface area contributed by atoms with Crippen molar-refractivity contribution in [3.05, 3.63) is 0 Å². The van der Waals surface area contributed by atoms with Crippen LogP contribution in [0.2, 0.25) is 0 Å². The third-order valence-electron chi connectivity index (χ3n) is 2.44. The average molecular weight is 274 g/mol. The van der Waals surface area contributed by atoms with Crippen molar-refractivity contribution >= 4 is 23.8 Å². The van der Waals surface area contributed by atoms with Gasteiger partial charge in [0.1, 0.15) is 12.1 Å². The maximum Gasteiger partial charge on any atom is 0.410 e. The maximum absolute atomic E-state index is 11.9. The summed E-state index contributed by atoms with van der Waals surface area (Å²) in [6, 6.07) is 0. The van der Waals surface area contributed by atoms with E-state index in [2.05, 4.69) is 0 Å². The van der Waals surface area contributed by atoms with Crippen LogP contribution in [-0.2, 0) is 9.53 Å². The molecule has 6 heteroatoms. The van der Waals surface area contributed by atoms with E-state index in [9.17, 15) is 9.59 Å². The second-order valence-electron chi connectivity index (χ2n) is 5.33. The van der Waals surface area contributed by atoms with Gasteiger partial charge >= 0.3 is 6.09 Å². The quantitative estimate of drug-likeness (QED) is 0.764. The van der Waals surface area contributed by atoms with E-state index in [-0.39, 0.29) is 12.5 Å². The van der Waals surface area contributed by atoms with Crippen molar-refractivity contribution < 1.29 is 14.3 Å². The molecule has 0 atom stereocenters. The Morgan fingerprint density at radius 2 is 1.83 bits per heavy atom. The van der Waals surface area contributed by atoms with Gasteiger partial charge in [0.05, 0.1) is 0 Å². The Bertz CT molecular complexity index is 309. The van der Waals surface area contributed by atoms with E-state index in [0.29, 0.717) is 0 Å². The summed E-state index contributed by atoms with van der Waals surface area (Å²) >= 11 is 1.85. The topological polar surface area (TPSA) is 49.9 Å². The smallest absolute Gasteiger partial charge is 0.410 e. The summed E-state index contributed by atoms with van der Waals surface area (Å²) in [4.78, 5) is 26.8. The molecule has 0 saturated carbocycles. The molecule has 0 radical (unpaired) electrons. The first-order valence-electron chi connectivity index (χ1n) is 6.09. The predicted molar refractivity (Wildman–Crippen MR) is 72.8 cm³/mol. The lowest BCUT2D eigenvalue weighted by atomic mass is 10.2. The molecule has 18 heavy (non-hydrogen) atoms. The van der Waals surface area contributed by atoms with Crippen LogP contribution in [0, 0.1) is 0 Å². The van der Waals surface area contributed by atoms with Gasteiger partial charge in [-0.2, -0.15) is 11.8 Å². The lowest BCUT2D eigenvalue weighted by Crippen LogP contribution is -2.45. The Morgan fingerprint density at radius 1 is 1.28 bits per heavy atom. The molecule has 0 N–H and O–H groups in total. The number of amides is 2. The number of ether oxygens (including phenoxy) is 1. The number of hydrogen-bond donors (Lipinski definition) is 0. The van der Waals surface area contributed by atoms with E-state index in [1.165, 1.54) is 4.90 Å². The predicted octanol–water partition coefficient (Wildman–Crippen LogP) is 1.43. The molecule has 0 unspecified atom stereocenters. The molecule has 1 saturated heterocycles. The van der Waals surface area contributed by atoms with Crippen LogP contribution >= 0.6 is 11.8 Å². The minimum absolute atomic E-state index is 0.0105. The number of nitrogens with zero attached hydrogens (tertiary/aromatic N) is 2. The largest absolute Gasteiger partial charge is 0.444 e. The molecule has 0 bridgehead atoms. The van der Waals surface area contributed by atoms with Crippen LogP contribution in [0.3, 0.4) is 0 Å². The minimum Gasteiger partial charge on any atom is -0.444 e. The molecule has 1 fully saturated rings. The minimum atomic E-state index is -0.532. The van der Waals surface area contributed by atoms with Gasteiger partial charge in [-0.05, 0) is 20.8 Å². The number of thioether (sulfide) groups is 1. The lowest BCUT2D eigenvalue weighted by Gasteiger charge is -2.29. The zero-order valence-corrected chi connectivity index (χ0v) is 12.4. The number of rotatable bonds is 2. The molecule has 1 aliphatic rings. The number of carbonyl (C=O) groups is 2. The normalized spacial score (nSPS) is 16.3. The van der Waals surface area contributed by atoms with Crippen LogP contribution in [0.15, 0.2) is 0 Å². The number of likely N-dealkylation sites (N-methyl/N-ethyl adjacent to an activating group) is 1. The molecule has 1 heterocycles. The standard InChI is InChI=1S/C12H22N2O3S/c1-12(2,3)17-11(16)13(4)9-10(15)14-5-7-18-8-6-14/h5-9H2,1-4H3. The van der Waals surface area contributed by atoms with Crippen molar-refractivity contribution in [1.82, 2.24) is 9.80 Å². The molecule has 0 aromatic heterocycles. The molecule has 5 nitrogen and oxygen atoms in total. The van der Waals surface area contributed by atoms with Crippen molar-refractivity contribution in [2.45, 2.75) is 26.4 Å². The lowest BCUT2D eigenvalue weighted by molar-refractivity contribution is -0.131. The molecular weight excluding hydrogens is 252 g/mol. The van der Waals surface area contributed by atoms with Gasteiger partial charge in [-0.3, -0.25) is 4.79 Å². The van der Waals surface area contributed by atoms with Gasteiger partial charge in [-0.15, -0.1) is 0 Å². The highest BCUT2D eigenvalue weighted by Gasteiger charge is 2.23. The van der Waals surface area contributed by atoms with E-state index in [0.717, 1.165) is 24.6 Å². The average Bonchev–Trinajstić information content (AvgIpc) is 2.27. The van der Waals surface area contributed by atoms with Gasteiger partial charge in [0, 0.05) is 31.6 Å².